The van der Waals surface area contributed by atoms with Gasteiger partial charge in [-0.05, 0) is 19.3 Å². The molecule has 2 aliphatic rings. The average molecular weight is 449 g/mol. The topological polar surface area (TPSA) is 158 Å². The monoisotopic (exact) mass is 448 g/mol. The normalized spacial score (nSPS) is 33.5. The molecule has 0 radical (unpaired) electrons. The zero-order valence-corrected chi connectivity index (χ0v) is 18.2. The number of aliphatic hydroxyl groups excluding tert-OH is 4. The average Bonchev–Trinajstić information content (AvgIpc) is 3.09. The SMILES string of the molecule is COC[C@@H]1C[C@@H](O)CN1C(=O)CCCCCOC1OC(CO)C(O)C(O)C1NC(C)=O. The molecule has 0 spiro atoms. The molecule has 7 atom stereocenters. The second kappa shape index (κ2) is 12.6. The van der Waals surface area contributed by atoms with Crippen LogP contribution in [0.5, 0.6) is 0 Å². The van der Waals surface area contributed by atoms with E-state index in [9.17, 15) is 30.0 Å². The van der Waals surface area contributed by atoms with Gasteiger partial charge in [-0.1, -0.05) is 6.42 Å². The Balaban J connectivity index is 1.73. The molecule has 31 heavy (non-hydrogen) atoms. The Morgan fingerprint density at radius 1 is 1.16 bits per heavy atom. The Hall–Kier alpha value is -1.34. The van der Waals surface area contributed by atoms with Crippen LogP contribution >= 0.6 is 0 Å². The van der Waals surface area contributed by atoms with Crippen LogP contribution in [0.3, 0.4) is 0 Å². The number of carbonyl (C=O) groups is 2. The van der Waals surface area contributed by atoms with Gasteiger partial charge in [0.15, 0.2) is 6.29 Å². The summed E-state index contributed by atoms with van der Waals surface area (Å²) in [7, 11) is 1.57. The third kappa shape index (κ3) is 7.35. The molecule has 2 heterocycles. The van der Waals surface area contributed by atoms with Crippen molar-refractivity contribution < 1.29 is 44.2 Å². The maximum Gasteiger partial charge on any atom is 0.222 e. The number of nitrogens with zero attached hydrogens (tertiary/aromatic N) is 1. The Bertz CT molecular complexity index is 579. The van der Waals surface area contributed by atoms with E-state index < -0.39 is 49.3 Å². The quantitative estimate of drug-likeness (QED) is 0.228. The summed E-state index contributed by atoms with van der Waals surface area (Å²) in [5.41, 5.74) is 0. The molecule has 0 aromatic heterocycles. The summed E-state index contributed by atoms with van der Waals surface area (Å²) < 4.78 is 16.3. The highest BCUT2D eigenvalue weighted by Gasteiger charge is 2.45. The van der Waals surface area contributed by atoms with E-state index in [1.807, 2.05) is 0 Å². The zero-order valence-electron chi connectivity index (χ0n) is 18.2. The van der Waals surface area contributed by atoms with Gasteiger partial charge in [0.2, 0.25) is 11.8 Å². The number of unbranched alkanes of at least 4 members (excludes halogenated alkanes) is 2. The van der Waals surface area contributed by atoms with E-state index in [1.165, 1.54) is 6.92 Å². The van der Waals surface area contributed by atoms with Crippen molar-refractivity contribution >= 4 is 11.8 Å². The second-order valence-electron chi connectivity index (χ2n) is 8.16. The number of hydrogen-bond donors (Lipinski definition) is 5. The van der Waals surface area contributed by atoms with Gasteiger partial charge in [0.25, 0.3) is 0 Å². The number of carbonyl (C=O) groups excluding carboxylic acids is 2. The number of nitrogens with one attached hydrogen (secondary N) is 1. The fourth-order valence-corrected chi connectivity index (χ4v) is 4.06. The van der Waals surface area contributed by atoms with E-state index in [1.54, 1.807) is 12.0 Å². The lowest BCUT2D eigenvalue weighted by Gasteiger charge is -2.42. The predicted octanol–water partition coefficient (Wildman–Crippen LogP) is -1.88. The predicted molar refractivity (Wildman–Crippen MR) is 108 cm³/mol. The molecule has 0 bridgehead atoms. The second-order valence-corrected chi connectivity index (χ2v) is 8.16. The summed E-state index contributed by atoms with van der Waals surface area (Å²) in [6.07, 6.45) is -2.36. The van der Waals surface area contributed by atoms with E-state index in [4.69, 9.17) is 14.2 Å². The molecule has 2 rings (SSSR count). The summed E-state index contributed by atoms with van der Waals surface area (Å²) >= 11 is 0. The first-order valence-corrected chi connectivity index (χ1v) is 10.8. The minimum absolute atomic E-state index is 0.0104. The molecule has 180 valence electrons. The van der Waals surface area contributed by atoms with Gasteiger partial charge in [0.05, 0.1) is 25.4 Å². The van der Waals surface area contributed by atoms with Gasteiger partial charge in [-0.25, -0.2) is 0 Å². The van der Waals surface area contributed by atoms with Gasteiger partial charge < -0.3 is 44.9 Å². The van der Waals surface area contributed by atoms with E-state index in [0.717, 1.165) is 0 Å². The molecular weight excluding hydrogens is 412 g/mol. The van der Waals surface area contributed by atoms with Crippen molar-refractivity contribution in [3.8, 4) is 0 Å². The minimum atomic E-state index is -1.35. The van der Waals surface area contributed by atoms with Crippen LogP contribution in [-0.4, -0.2) is 113 Å². The summed E-state index contributed by atoms with van der Waals surface area (Å²) in [6, 6.07) is -1.05. The highest BCUT2D eigenvalue weighted by Crippen LogP contribution is 2.23. The third-order valence-electron chi connectivity index (χ3n) is 5.64. The van der Waals surface area contributed by atoms with Crippen molar-refractivity contribution in [2.45, 2.75) is 81.8 Å². The van der Waals surface area contributed by atoms with Gasteiger partial charge >= 0.3 is 0 Å². The van der Waals surface area contributed by atoms with Crippen molar-refractivity contribution in [1.82, 2.24) is 10.2 Å². The number of ether oxygens (including phenoxy) is 3. The molecule has 0 aromatic carbocycles. The molecule has 0 aliphatic carbocycles. The highest BCUT2D eigenvalue weighted by molar-refractivity contribution is 5.77. The molecule has 2 amide bonds. The summed E-state index contributed by atoms with van der Waals surface area (Å²) in [4.78, 5) is 25.5. The summed E-state index contributed by atoms with van der Waals surface area (Å²) in [5, 5.41) is 41.9. The molecular formula is C20H36N2O9. The van der Waals surface area contributed by atoms with Gasteiger partial charge in [-0.3, -0.25) is 9.59 Å². The van der Waals surface area contributed by atoms with Crippen LogP contribution in [0.15, 0.2) is 0 Å². The van der Waals surface area contributed by atoms with Crippen LogP contribution in [0.2, 0.25) is 0 Å². The fraction of sp³-hybridized carbons (Fsp3) is 0.900. The summed E-state index contributed by atoms with van der Waals surface area (Å²) in [5.74, 6) is -0.419. The lowest BCUT2D eigenvalue weighted by Crippen LogP contribution is -2.64. The largest absolute Gasteiger partial charge is 0.394 e. The maximum atomic E-state index is 12.4. The number of rotatable bonds is 11. The number of likely N-dealkylation sites (tertiary alicyclic amines) is 1. The van der Waals surface area contributed by atoms with Gasteiger partial charge in [-0.2, -0.15) is 0 Å². The number of hydrogen-bond acceptors (Lipinski definition) is 9. The number of aliphatic hydroxyl groups is 4. The van der Waals surface area contributed by atoms with E-state index >= 15 is 0 Å². The van der Waals surface area contributed by atoms with Gasteiger partial charge in [0.1, 0.15) is 24.4 Å². The molecule has 2 aliphatic heterocycles. The first-order chi connectivity index (χ1) is 14.8. The Kier molecular flexibility index (Phi) is 10.6. The molecule has 11 heteroatoms. The summed E-state index contributed by atoms with van der Waals surface area (Å²) in [6.45, 7) is 1.78. The van der Waals surface area contributed by atoms with E-state index in [-0.39, 0.29) is 18.6 Å². The van der Waals surface area contributed by atoms with Crippen LogP contribution in [0, 0.1) is 0 Å². The smallest absolute Gasteiger partial charge is 0.222 e. The molecule has 5 N–H and O–H groups in total. The van der Waals surface area contributed by atoms with Crippen molar-refractivity contribution in [2.24, 2.45) is 0 Å². The maximum absolute atomic E-state index is 12.4. The Morgan fingerprint density at radius 2 is 1.90 bits per heavy atom. The van der Waals surface area contributed by atoms with Crippen molar-refractivity contribution in [3.05, 3.63) is 0 Å². The van der Waals surface area contributed by atoms with Crippen LogP contribution in [0.4, 0.5) is 0 Å². The standard InChI is InChI=1S/C20H36N2O9/c1-12(24)21-17-19(28)18(27)15(10-23)31-20(17)30-7-5-3-4-6-16(26)22-9-14(25)8-13(22)11-29-2/h13-15,17-20,23,25,27-28H,3-11H2,1-2H3,(H,21,24)/t13-,14+,15?,17?,18?,19?,20?/m0/s1. The van der Waals surface area contributed by atoms with Crippen molar-refractivity contribution in [1.29, 1.82) is 0 Å². The molecule has 0 aromatic rings. The lowest BCUT2D eigenvalue weighted by molar-refractivity contribution is -0.270. The molecule has 11 nitrogen and oxygen atoms in total. The fourth-order valence-electron chi connectivity index (χ4n) is 4.06. The Morgan fingerprint density at radius 3 is 2.55 bits per heavy atom. The first-order valence-electron chi connectivity index (χ1n) is 10.8. The minimum Gasteiger partial charge on any atom is -0.394 e. The van der Waals surface area contributed by atoms with Crippen LogP contribution in [0.25, 0.3) is 0 Å². The van der Waals surface area contributed by atoms with Gasteiger partial charge in [0, 0.05) is 33.6 Å². The van der Waals surface area contributed by atoms with Crippen molar-refractivity contribution in [2.75, 3.05) is 33.5 Å². The van der Waals surface area contributed by atoms with Gasteiger partial charge in [-0.15, -0.1) is 0 Å². The number of β-amino-alcohol motifs (C(OH)–C–C–N with tert-alkyl or cyclic N) is 1. The van der Waals surface area contributed by atoms with E-state index in [2.05, 4.69) is 5.32 Å². The molecule has 2 saturated heterocycles. The number of methoxy groups -OCH3 is 1. The Labute approximate surface area is 182 Å². The van der Waals surface area contributed by atoms with Crippen LogP contribution in [0.1, 0.15) is 39.0 Å². The molecule has 2 fully saturated rings. The highest BCUT2D eigenvalue weighted by atomic mass is 16.7. The zero-order chi connectivity index (χ0) is 23.0. The number of amides is 2. The van der Waals surface area contributed by atoms with Crippen LogP contribution in [-0.2, 0) is 23.8 Å². The van der Waals surface area contributed by atoms with Crippen LogP contribution < -0.4 is 5.32 Å². The molecule has 0 saturated carbocycles. The van der Waals surface area contributed by atoms with Crippen molar-refractivity contribution in [3.63, 3.8) is 0 Å². The third-order valence-corrected chi connectivity index (χ3v) is 5.64. The lowest BCUT2D eigenvalue weighted by atomic mass is 9.97. The first kappa shape index (κ1) is 25.9. The molecule has 5 unspecified atom stereocenters. The van der Waals surface area contributed by atoms with E-state index in [0.29, 0.717) is 45.3 Å².